The molecule has 8 nitrogen and oxygen atoms in total. The molecule has 1 aliphatic rings. The first-order chi connectivity index (χ1) is 16.0. The zero-order chi connectivity index (χ0) is 23.4. The lowest BCUT2D eigenvalue weighted by atomic mass is 9.83. The van der Waals surface area contributed by atoms with Gasteiger partial charge in [-0.25, -0.2) is 4.98 Å². The number of amides is 1. The fraction of sp³-hybridized carbons (Fsp3) is 0.417. The maximum absolute atomic E-state index is 13.3. The number of likely N-dealkylation sites (tertiary alicyclic amines) is 1. The van der Waals surface area contributed by atoms with Crippen LogP contribution in [0.2, 0.25) is 0 Å². The second-order valence-corrected chi connectivity index (χ2v) is 8.89. The van der Waals surface area contributed by atoms with Gasteiger partial charge in [-0.15, -0.1) is 11.3 Å². The molecular weight excluding hydrogens is 442 g/mol. The summed E-state index contributed by atoms with van der Waals surface area (Å²) in [4.78, 5) is 45.1. The Morgan fingerprint density at radius 1 is 1.27 bits per heavy atom. The smallest absolute Gasteiger partial charge is 0.311 e. The molecule has 3 heterocycles. The maximum atomic E-state index is 13.3. The Labute approximate surface area is 195 Å². The number of methoxy groups -OCH3 is 1. The van der Waals surface area contributed by atoms with E-state index in [4.69, 9.17) is 9.47 Å². The topological polar surface area (TPSA) is 90.2 Å². The van der Waals surface area contributed by atoms with Crippen molar-refractivity contribution in [1.82, 2.24) is 14.3 Å². The van der Waals surface area contributed by atoms with Gasteiger partial charge in [0.1, 0.15) is 12.4 Å². The minimum Gasteiger partial charge on any atom is -0.496 e. The van der Waals surface area contributed by atoms with E-state index in [1.54, 1.807) is 23.6 Å². The first-order valence-electron chi connectivity index (χ1n) is 11.1. The molecule has 1 aliphatic heterocycles. The molecule has 2 aromatic heterocycles. The molecule has 2 atom stereocenters. The Morgan fingerprint density at radius 3 is 2.88 bits per heavy atom. The second kappa shape index (κ2) is 10.2. The number of para-hydroxylation sites is 1. The molecule has 0 saturated carbocycles. The van der Waals surface area contributed by atoms with Crippen LogP contribution < -0.4 is 10.3 Å². The van der Waals surface area contributed by atoms with Crippen LogP contribution in [-0.4, -0.2) is 39.8 Å². The van der Waals surface area contributed by atoms with Gasteiger partial charge in [0, 0.05) is 36.2 Å². The van der Waals surface area contributed by atoms with Crippen LogP contribution in [0.3, 0.4) is 0 Å². The predicted molar refractivity (Wildman–Crippen MR) is 124 cm³/mol. The second-order valence-electron chi connectivity index (χ2n) is 8.02. The summed E-state index contributed by atoms with van der Waals surface area (Å²) in [5.41, 5.74) is 0.982. The summed E-state index contributed by atoms with van der Waals surface area (Å²) < 4.78 is 12.6. The maximum Gasteiger partial charge on any atom is 0.311 e. The first kappa shape index (κ1) is 23.0. The number of carbonyl (C=O) groups excluding carboxylic acids is 2. The van der Waals surface area contributed by atoms with Crippen molar-refractivity contribution in [2.45, 2.75) is 45.3 Å². The van der Waals surface area contributed by atoms with E-state index < -0.39 is 17.9 Å². The van der Waals surface area contributed by atoms with Crippen molar-refractivity contribution in [2.75, 3.05) is 13.7 Å². The Kier molecular flexibility index (Phi) is 7.08. The van der Waals surface area contributed by atoms with Gasteiger partial charge in [0.15, 0.2) is 4.96 Å². The molecule has 3 aromatic rings. The number of rotatable bonds is 8. The molecule has 4 rings (SSSR count). The van der Waals surface area contributed by atoms with E-state index >= 15 is 0 Å². The molecule has 0 N–H and O–H groups in total. The Hall–Kier alpha value is -3.20. The zero-order valence-corrected chi connectivity index (χ0v) is 19.5. The third-order valence-corrected chi connectivity index (χ3v) is 6.69. The average Bonchev–Trinajstić information content (AvgIpc) is 3.31. The average molecular weight is 470 g/mol. The number of nitrogens with zero attached hydrogens (tertiary/aromatic N) is 3. The number of hydrogen-bond acceptors (Lipinski definition) is 7. The van der Waals surface area contributed by atoms with Gasteiger partial charge in [0.25, 0.3) is 5.56 Å². The van der Waals surface area contributed by atoms with E-state index in [-0.39, 0.29) is 24.5 Å². The number of benzene rings is 1. The number of ether oxygens (including phenoxy) is 2. The highest BCUT2D eigenvalue weighted by molar-refractivity contribution is 7.15. The van der Waals surface area contributed by atoms with Gasteiger partial charge >= 0.3 is 5.97 Å². The van der Waals surface area contributed by atoms with Gasteiger partial charge in [-0.3, -0.25) is 18.8 Å². The SMILES string of the molecule is CCCCN1C(=O)CC[C@@H](C(=O)OCc2cc(=O)n3ccsc3n2)[C@@H]1c1ccccc1OC. The highest BCUT2D eigenvalue weighted by Gasteiger charge is 2.42. The van der Waals surface area contributed by atoms with Crippen LogP contribution in [0.15, 0.2) is 46.7 Å². The van der Waals surface area contributed by atoms with E-state index in [0.717, 1.165) is 18.4 Å². The van der Waals surface area contributed by atoms with E-state index in [1.807, 2.05) is 24.3 Å². The molecule has 9 heteroatoms. The van der Waals surface area contributed by atoms with E-state index in [1.165, 1.54) is 21.8 Å². The minimum atomic E-state index is -0.539. The summed E-state index contributed by atoms with van der Waals surface area (Å²) in [6.07, 6.45) is 4.11. The van der Waals surface area contributed by atoms with E-state index in [9.17, 15) is 14.4 Å². The van der Waals surface area contributed by atoms with Crippen LogP contribution in [0, 0.1) is 5.92 Å². The summed E-state index contributed by atoms with van der Waals surface area (Å²) in [5, 5.41) is 1.78. The molecule has 1 amide bonds. The number of hydrogen-bond donors (Lipinski definition) is 0. The fourth-order valence-corrected chi connectivity index (χ4v) is 5.04. The lowest BCUT2D eigenvalue weighted by Gasteiger charge is -2.40. The number of esters is 1. The van der Waals surface area contributed by atoms with Gasteiger partial charge in [-0.2, -0.15) is 0 Å². The lowest BCUT2D eigenvalue weighted by molar-refractivity contribution is -0.158. The number of aromatic nitrogens is 2. The van der Waals surface area contributed by atoms with Crippen molar-refractivity contribution < 1.29 is 19.1 Å². The van der Waals surface area contributed by atoms with Crippen molar-refractivity contribution >= 4 is 28.2 Å². The number of thiazole rings is 1. The normalized spacial score (nSPS) is 18.5. The largest absolute Gasteiger partial charge is 0.496 e. The van der Waals surface area contributed by atoms with Crippen LogP contribution in [0.1, 0.15) is 49.9 Å². The van der Waals surface area contributed by atoms with E-state index in [2.05, 4.69) is 11.9 Å². The standard InChI is InChI=1S/C24H27N3O5S/c1-3-4-11-26-20(28)10-9-18(22(26)17-7-5-6-8-19(17)31-2)23(30)32-15-16-14-21(29)27-12-13-33-24(27)25-16/h5-8,12-14,18,22H,3-4,9-11,15H2,1-2H3/t18-,22+/m1/s1. The van der Waals surface area contributed by atoms with Gasteiger partial charge in [-0.1, -0.05) is 31.5 Å². The van der Waals surface area contributed by atoms with Crippen LogP contribution in [0.25, 0.3) is 4.96 Å². The Morgan fingerprint density at radius 2 is 2.09 bits per heavy atom. The Bertz CT molecular complexity index is 1200. The minimum absolute atomic E-state index is 0.0289. The molecule has 0 unspecified atom stereocenters. The first-order valence-corrected chi connectivity index (χ1v) is 12.0. The molecule has 0 aliphatic carbocycles. The van der Waals surface area contributed by atoms with Crippen molar-refractivity contribution in [3.8, 4) is 5.75 Å². The van der Waals surface area contributed by atoms with Gasteiger partial charge in [-0.05, 0) is 18.9 Å². The van der Waals surface area contributed by atoms with Crippen molar-refractivity contribution in [3.05, 3.63) is 63.5 Å². The number of carbonyl (C=O) groups is 2. The van der Waals surface area contributed by atoms with Gasteiger partial charge in [0.2, 0.25) is 5.91 Å². The lowest BCUT2D eigenvalue weighted by Crippen LogP contribution is -2.46. The highest BCUT2D eigenvalue weighted by Crippen LogP contribution is 2.41. The third-order valence-electron chi connectivity index (χ3n) is 5.94. The molecule has 174 valence electrons. The summed E-state index contributed by atoms with van der Waals surface area (Å²) >= 11 is 1.34. The van der Waals surface area contributed by atoms with Crippen molar-refractivity contribution in [3.63, 3.8) is 0 Å². The van der Waals surface area contributed by atoms with Gasteiger partial charge < -0.3 is 14.4 Å². The summed E-state index contributed by atoms with van der Waals surface area (Å²) in [7, 11) is 1.58. The molecule has 0 bridgehead atoms. The molecule has 0 spiro atoms. The van der Waals surface area contributed by atoms with Crippen LogP contribution in [0.4, 0.5) is 0 Å². The predicted octanol–water partition coefficient (Wildman–Crippen LogP) is 3.59. The molecule has 1 aromatic carbocycles. The molecular formula is C24H27N3O5S. The van der Waals surface area contributed by atoms with Crippen molar-refractivity contribution in [2.24, 2.45) is 5.92 Å². The third kappa shape index (κ3) is 4.78. The summed E-state index contributed by atoms with van der Waals surface area (Å²) in [6, 6.07) is 8.38. The van der Waals surface area contributed by atoms with Crippen LogP contribution in [0.5, 0.6) is 5.75 Å². The highest BCUT2D eigenvalue weighted by atomic mass is 32.1. The Balaban J connectivity index is 1.60. The van der Waals surface area contributed by atoms with Crippen LogP contribution >= 0.6 is 11.3 Å². The summed E-state index contributed by atoms with van der Waals surface area (Å²) in [5.74, 6) is -0.286. The summed E-state index contributed by atoms with van der Waals surface area (Å²) in [6.45, 7) is 2.54. The van der Waals surface area contributed by atoms with Crippen LogP contribution in [-0.2, 0) is 20.9 Å². The monoisotopic (exact) mass is 469 g/mol. The van der Waals surface area contributed by atoms with E-state index in [0.29, 0.717) is 29.4 Å². The number of piperidine rings is 1. The quantitative estimate of drug-likeness (QED) is 0.469. The number of unbranched alkanes of at least 4 members (excludes halogenated alkanes) is 1. The molecule has 33 heavy (non-hydrogen) atoms. The molecule has 1 saturated heterocycles. The fourth-order valence-electron chi connectivity index (χ4n) is 4.30. The molecule has 0 radical (unpaired) electrons. The molecule has 1 fully saturated rings. The zero-order valence-electron chi connectivity index (χ0n) is 18.7. The van der Waals surface area contributed by atoms with Crippen molar-refractivity contribution in [1.29, 1.82) is 0 Å². The number of fused-ring (bicyclic) bond motifs is 1. The van der Waals surface area contributed by atoms with Gasteiger partial charge in [0.05, 0.1) is 24.8 Å².